The molecule has 0 fully saturated rings. The van der Waals surface area contributed by atoms with E-state index in [9.17, 15) is 22.0 Å². The number of rotatable bonds is 9. The molecular formula is C22H19ClF2N2O4S. The summed E-state index contributed by atoms with van der Waals surface area (Å²) in [5.74, 6) is -0.958. The van der Waals surface area contributed by atoms with Crippen molar-refractivity contribution in [1.29, 1.82) is 0 Å². The van der Waals surface area contributed by atoms with Crippen LogP contribution in [0.2, 0.25) is 5.02 Å². The molecule has 10 heteroatoms. The normalized spacial score (nSPS) is 11.5. The van der Waals surface area contributed by atoms with Crippen molar-refractivity contribution in [3.05, 3.63) is 89.4 Å². The number of ether oxygens (including phenoxy) is 1. The van der Waals surface area contributed by atoms with E-state index in [0.717, 1.165) is 4.31 Å². The number of halogens is 3. The molecule has 0 saturated carbocycles. The van der Waals surface area contributed by atoms with Gasteiger partial charge in [-0.2, -0.15) is 13.1 Å². The van der Waals surface area contributed by atoms with Gasteiger partial charge in [-0.25, -0.2) is 8.42 Å². The Morgan fingerprint density at radius 2 is 1.69 bits per heavy atom. The lowest BCUT2D eigenvalue weighted by Gasteiger charge is -2.22. The summed E-state index contributed by atoms with van der Waals surface area (Å²) in [6.07, 6.45) is 0. The Bertz CT molecular complexity index is 1180. The standard InChI is InChI=1S/C22H19ClF2N2O4S/c23-17-9-6-10-18(13-17)32(29,30)27(14-16-7-2-1-3-8-16)15-21(28)26-19-11-4-5-12-20(19)31-22(24)25/h1-13,22H,14-15H2,(H,26,28). The summed E-state index contributed by atoms with van der Waals surface area (Å²) in [6, 6.07) is 20.1. The average Bonchev–Trinajstić information content (AvgIpc) is 2.75. The minimum absolute atomic E-state index is 0.00221. The number of sulfonamides is 1. The number of anilines is 1. The monoisotopic (exact) mass is 480 g/mol. The molecule has 0 atom stereocenters. The van der Waals surface area contributed by atoms with Crippen LogP contribution in [-0.4, -0.2) is 31.8 Å². The van der Waals surface area contributed by atoms with Crippen molar-refractivity contribution in [3.63, 3.8) is 0 Å². The molecule has 0 spiro atoms. The first-order valence-corrected chi connectivity index (χ1v) is 11.2. The van der Waals surface area contributed by atoms with Crippen molar-refractivity contribution in [2.24, 2.45) is 0 Å². The molecule has 6 nitrogen and oxygen atoms in total. The quantitative estimate of drug-likeness (QED) is 0.478. The van der Waals surface area contributed by atoms with Crippen LogP contribution in [0.15, 0.2) is 83.8 Å². The van der Waals surface area contributed by atoms with Gasteiger partial charge in [0.2, 0.25) is 15.9 Å². The van der Waals surface area contributed by atoms with Crippen molar-refractivity contribution >= 4 is 33.2 Å². The summed E-state index contributed by atoms with van der Waals surface area (Å²) >= 11 is 5.95. The van der Waals surface area contributed by atoms with E-state index in [0.29, 0.717) is 5.56 Å². The molecule has 0 aliphatic rings. The van der Waals surface area contributed by atoms with E-state index in [1.165, 1.54) is 48.5 Å². The maximum Gasteiger partial charge on any atom is 0.387 e. The summed E-state index contributed by atoms with van der Waals surface area (Å²) < 4.78 is 57.2. The molecule has 0 unspecified atom stereocenters. The number of para-hydroxylation sites is 2. The van der Waals surface area contributed by atoms with Gasteiger partial charge in [-0.05, 0) is 35.9 Å². The summed E-state index contributed by atoms with van der Waals surface area (Å²) in [6.45, 7) is -3.73. The molecule has 3 aromatic carbocycles. The molecular weight excluding hydrogens is 462 g/mol. The van der Waals surface area contributed by atoms with E-state index in [1.807, 2.05) is 0 Å². The van der Waals surface area contributed by atoms with Crippen LogP contribution < -0.4 is 10.1 Å². The molecule has 3 aromatic rings. The van der Waals surface area contributed by atoms with Crippen LogP contribution >= 0.6 is 11.6 Å². The third-order valence-electron chi connectivity index (χ3n) is 4.33. The Balaban J connectivity index is 1.87. The number of hydrogen-bond donors (Lipinski definition) is 1. The van der Waals surface area contributed by atoms with Crippen molar-refractivity contribution in [2.75, 3.05) is 11.9 Å². The zero-order chi connectivity index (χ0) is 23.1. The molecule has 0 aliphatic heterocycles. The second-order valence-electron chi connectivity index (χ2n) is 6.64. The Morgan fingerprint density at radius 3 is 2.38 bits per heavy atom. The van der Waals surface area contributed by atoms with Crippen LogP contribution in [-0.2, 0) is 21.4 Å². The van der Waals surface area contributed by atoms with Crippen LogP contribution in [0.5, 0.6) is 5.75 Å². The Labute approximate surface area is 189 Å². The summed E-state index contributed by atoms with van der Waals surface area (Å²) in [5, 5.41) is 2.67. The molecule has 1 N–H and O–H groups in total. The van der Waals surface area contributed by atoms with Crippen molar-refractivity contribution in [1.82, 2.24) is 4.31 Å². The van der Waals surface area contributed by atoms with E-state index in [4.69, 9.17) is 11.6 Å². The van der Waals surface area contributed by atoms with E-state index in [2.05, 4.69) is 10.1 Å². The number of benzene rings is 3. The number of amides is 1. The SMILES string of the molecule is O=C(CN(Cc1ccccc1)S(=O)(=O)c1cccc(Cl)c1)Nc1ccccc1OC(F)F. The first-order chi connectivity index (χ1) is 15.3. The Kier molecular flexibility index (Phi) is 7.79. The largest absolute Gasteiger partial charge is 0.433 e. The molecule has 0 saturated heterocycles. The van der Waals surface area contributed by atoms with Crippen LogP contribution in [0.3, 0.4) is 0 Å². The van der Waals surface area contributed by atoms with Gasteiger partial charge in [-0.1, -0.05) is 60.1 Å². The molecule has 1 amide bonds. The predicted octanol–water partition coefficient (Wildman–Crippen LogP) is 4.77. The Hall–Kier alpha value is -3.01. The number of alkyl halides is 2. The minimum Gasteiger partial charge on any atom is -0.433 e. The van der Waals surface area contributed by atoms with Gasteiger partial charge in [0.1, 0.15) is 5.75 Å². The fourth-order valence-corrected chi connectivity index (χ4v) is 4.59. The lowest BCUT2D eigenvalue weighted by molar-refractivity contribution is -0.116. The van der Waals surface area contributed by atoms with Gasteiger partial charge >= 0.3 is 6.61 Å². The van der Waals surface area contributed by atoms with Gasteiger partial charge in [-0.3, -0.25) is 4.79 Å². The zero-order valence-electron chi connectivity index (χ0n) is 16.6. The molecule has 3 rings (SSSR count). The van der Waals surface area contributed by atoms with Gasteiger partial charge in [-0.15, -0.1) is 0 Å². The fourth-order valence-electron chi connectivity index (χ4n) is 2.91. The van der Waals surface area contributed by atoms with Gasteiger partial charge in [0.05, 0.1) is 17.1 Å². The van der Waals surface area contributed by atoms with Gasteiger partial charge in [0, 0.05) is 11.6 Å². The smallest absolute Gasteiger partial charge is 0.387 e. The third-order valence-corrected chi connectivity index (χ3v) is 6.36. The number of carbonyl (C=O) groups is 1. The highest BCUT2D eigenvalue weighted by Gasteiger charge is 2.27. The number of hydrogen-bond acceptors (Lipinski definition) is 4. The number of carbonyl (C=O) groups excluding carboxylic acids is 1. The molecule has 168 valence electrons. The zero-order valence-corrected chi connectivity index (χ0v) is 18.2. The van der Waals surface area contributed by atoms with Crippen LogP contribution in [0, 0.1) is 0 Å². The van der Waals surface area contributed by atoms with E-state index >= 15 is 0 Å². The summed E-state index contributed by atoms with van der Waals surface area (Å²) in [5.41, 5.74) is 0.657. The highest BCUT2D eigenvalue weighted by molar-refractivity contribution is 7.89. The third kappa shape index (κ3) is 6.25. The molecule has 0 bridgehead atoms. The fraction of sp³-hybridized carbons (Fsp3) is 0.136. The molecule has 0 radical (unpaired) electrons. The highest BCUT2D eigenvalue weighted by atomic mass is 35.5. The molecule has 32 heavy (non-hydrogen) atoms. The van der Waals surface area contributed by atoms with E-state index in [-0.39, 0.29) is 27.9 Å². The van der Waals surface area contributed by atoms with Crippen molar-refractivity contribution in [3.8, 4) is 5.75 Å². The van der Waals surface area contributed by atoms with Gasteiger partial charge in [0.25, 0.3) is 0 Å². The average molecular weight is 481 g/mol. The summed E-state index contributed by atoms with van der Waals surface area (Å²) in [7, 11) is -4.10. The number of nitrogens with zero attached hydrogens (tertiary/aromatic N) is 1. The van der Waals surface area contributed by atoms with Crippen molar-refractivity contribution in [2.45, 2.75) is 18.1 Å². The van der Waals surface area contributed by atoms with Crippen LogP contribution in [0.25, 0.3) is 0 Å². The minimum atomic E-state index is -4.10. The van der Waals surface area contributed by atoms with Gasteiger partial charge in [0.15, 0.2) is 0 Å². The first kappa shape index (κ1) is 23.6. The summed E-state index contributed by atoms with van der Waals surface area (Å²) in [4.78, 5) is 12.6. The Morgan fingerprint density at radius 1 is 1.00 bits per heavy atom. The van der Waals surface area contributed by atoms with E-state index in [1.54, 1.807) is 30.3 Å². The van der Waals surface area contributed by atoms with Gasteiger partial charge < -0.3 is 10.1 Å². The predicted molar refractivity (Wildman–Crippen MR) is 117 cm³/mol. The molecule has 0 heterocycles. The van der Waals surface area contributed by atoms with Crippen LogP contribution in [0.4, 0.5) is 14.5 Å². The highest BCUT2D eigenvalue weighted by Crippen LogP contribution is 2.26. The van der Waals surface area contributed by atoms with Crippen molar-refractivity contribution < 1.29 is 26.7 Å². The van der Waals surface area contributed by atoms with Crippen LogP contribution in [0.1, 0.15) is 5.56 Å². The van der Waals surface area contributed by atoms with E-state index < -0.39 is 29.1 Å². The maximum absolute atomic E-state index is 13.3. The second-order valence-corrected chi connectivity index (χ2v) is 9.01. The second kappa shape index (κ2) is 10.5. The molecule has 0 aromatic heterocycles. The molecule has 0 aliphatic carbocycles. The number of nitrogens with one attached hydrogen (secondary N) is 1. The lowest BCUT2D eigenvalue weighted by atomic mass is 10.2. The first-order valence-electron chi connectivity index (χ1n) is 9.39. The lowest BCUT2D eigenvalue weighted by Crippen LogP contribution is -2.37. The topological polar surface area (TPSA) is 75.7 Å². The maximum atomic E-state index is 13.3.